The summed E-state index contributed by atoms with van der Waals surface area (Å²) in [6, 6.07) is 5.74. The third-order valence-corrected chi connectivity index (χ3v) is 3.26. The number of benzene rings is 1. The minimum absolute atomic E-state index is 0.0381. The molecule has 0 atom stereocenters. The van der Waals surface area contributed by atoms with Gasteiger partial charge in [-0.2, -0.15) is 0 Å². The molecule has 8 heteroatoms. The van der Waals surface area contributed by atoms with Crippen LogP contribution < -0.4 is 0 Å². The van der Waals surface area contributed by atoms with Gasteiger partial charge in [0, 0.05) is 11.8 Å². The van der Waals surface area contributed by atoms with E-state index >= 15 is 0 Å². The first-order chi connectivity index (χ1) is 8.79. The van der Waals surface area contributed by atoms with Crippen LogP contribution in [0.4, 0.5) is 0 Å². The molecule has 0 amide bonds. The molecule has 1 aromatic carbocycles. The smallest absolute Gasteiger partial charge is 0.354 e. The van der Waals surface area contributed by atoms with Crippen molar-refractivity contribution < 1.29 is 23.4 Å². The van der Waals surface area contributed by atoms with Gasteiger partial charge in [0.2, 0.25) is 15.0 Å². The number of rotatable bonds is 3. The van der Waals surface area contributed by atoms with Crippen molar-refractivity contribution in [1.29, 1.82) is 0 Å². The highest BCUT2D eigenvalue weighted by Crippen LogP contribution is 2.26. The van der Waals surface area contributed by atoms with Gasteiger partial charge in [-0.3, -0.25) is 0 Å². The molecule has 7 nitrogen and oxygen atoms in total. The van der Waals surface area contributed by atoms with Gasteiger partial charge in [0.1, 0.15) is 11.4 Å². The van der Waals surface area contributed by atoms with Crippen LogP contribution in [0.2, 0.25) is 0 Å². The van der Waals surface area contributed by atoms with E-state index in [4.69, 9.17) is 5.11 Å². The number of carboxylic acid groups (broad SMARTS) is 1. The molecule has 0 aliphatic rings. The minimum atomic E-state index is -3.65. The summed E-state index contributed by atoms with van der Waals surface area (Å²) in [7, 11) is -3.65. The van der Waals surface area contributed by atoms with E-state index < -0.39 is 21.0 Å². The van der Waals surface area contributed by atoms with E-state index in [-0.39, 0.29) is 17.1 Å². The van der Waals surface area contributed by atoms with Gasteiger partial charge in [0.25, 0.3) is 0 Å². The van der Waals surface area contributed by atoms with Gasteiger partial charge in [-0.05, 0) is 12.1 Å². The lowest BCUT2D eigenvalue weighted by Crippen LogP contribution is -2.01. The van der Waals surface area contributed by atoms with Crippen molar-refractivity contribution in [2.45, 2.75) is 5.16 Å². The Labute approximate surface area is 108 Å². The number of aromatic amines is 1. The van der Waals surface area contributed by atoms with Gasteiger partial charge < -0.3 is 15.2 Å². The van der Waals surface area contributed by atoms with Crippen LogP contribution in [0.15, 0.2) is 29.4 Å². The fourth-order valence-corrected chi connectivity index (χ4v) is 2.09. The summed E-state index contributed by atoms with van der Waals surface area (Å²) in [6.07, 6.45) is 0.920. The van der Waals surface area contributed by atoms with Crippen molar-refractivity contribution in [1.82, 2.24) is 9.97 Å². The summed E-state index contributed by atoms with van der Waals surface area (Å²) in [6.45, 7) is 0. The second kappa shape index (κ2) is 4.39. The monoisotopic (exact) mass is 282 g/mol. The quantitative estimate of drug-likeness (QED) is 0.768. The normalized spacial score (nSPS) is 11.4. The van der Waals surface area contributed by atoms with Crippen LogP contribution in [0.5, 0.6) is 5.75 Å². The number of sulfone groups is 1. The van der Waals surface area contributed by atoms with Crippen LogP contribution >= 0.6 is 0 Å². The Kier molecular flexibility index (Phi) is 3.03. The molecular formula is C11H10N2O5S. The highest BCUT2D eigenvalue weighted by atomic mass is 32.2. The highest BCUT2D eigenvalue weighted by molar-refractivity contribution is 7.90. The molecule has 1 heterocycles. The molecule has 0 saturated carbocycles. The van der Waals surface area contributed by atoms with Crippen molar-refractivity contribution in [2.75, 3.05) is 6.26 Å². The molecule has 0 saturated heterocycles. The summed E-state index contributed by atoms with van der Waals surface area (Å²) in [5.74, 6) is -1.40. The minimum Gasteiger partial charge on any atom is -0.508 e. The highest BCUT2D eigenvalue weighted by Gasteiger charge is 2.22. The maximum Gasteiger partial charge on any atom is 0.354 e. The predicted molar refractivity (Wildman–Crippen MR) is 65.8 cm³/mol. The van der Waals surface area contributed by atoms with Gasteiger partial charge in [-0.25, -0.2) is 18.2 Å². The zero-order valence-electron chi connectivity index (χ0n) is 9.78. The van der Waals surface area contributed by atoms with E-state index in [9.17, 15) is 18.3 Å². The SMILES string of the molecule is CS(=O)(=O)c1nc(-c2cccc(O)c2)c(C(=O)O)[nH]1. The van der Waals surface area contributed by atoms with Crippen molar-refractivity contribution >= 4 is 15.8 Å². The number of aromatic nitrogens is 2. The second-order valence-corrected chi connectivity index (χ2v) is 5.82. The lowest BCUT2D eigenvalue weighted by molar-refractivity contribution is 0.0691. The first kappa shape index (κ1) is 13.1. The van der Waals surface area contributed by atoms with Crippen LogP contribution in [-0.2, 0) is 9.84 Å². The Morgan fingerprint density at radius 3 is 2.58 bits per heavy atom. The Bertz CT molecular complexity index is 748. The number of hydrogen-bond acceptors (Lipinski definition) is 5. The zero-order valence-corrected chi connectivity index (χ0v) is 10.6. The second-order valence-electron chi connectivity index (χ2n) is 3.89. The average Bonchev–Trinajstić information content (AvgIpc) is 2.73. The van der Waals surface area contributed by atoms with E-state index in [0.29, 0.717) is 5.56 Å². The number of nitrogens with one attached hydrogen (secondary N) is 1. The number of imidazole rings is 1. The Balaban J connectivity index is 2.69. The molecule has 100 valence electrons. The molecule has 19 heavy (non-hydrogen) atoms. The molecular weight excluding hydrogens is 272 g/mol. The summed E-state index contributed by atoms with van der Waals surface area (Å²) in [4.78, 5) is 17.1. The first-order valence-electron chi connectivity index (χ1n) is 5.12. The van der Waals surface area contributed by atoms with Crippen LogP contribution in [0, 0.1) is 0 Å². The number of H-pyrrole nitrogens is 1. The third-order valence-electron chi connectivity index (χ3n) is 2.37. The van der Waals surface area contributed by atoms with Gasteiger partial charge in [-0.15, -0.1) is 0 Å². The number of phenols is 1. The number of aromatic carboxylic acids is 1. The fraction of sp³-hybridized carbons (Fsp3) is 0.0909. The van der Waals surface area contributed by atoms with Gasteiger partial charge in [0.05, 0.1) is 0 Å². The van der Waals surface area contributed by atoms with Crippen molar-refractivity contribution in [3.05, 3.63) is 30.0 Å². The Morgan fingerprint density at radius 1 is 1.37 bits per heavy atom. The van der Waals surface area contributed by atoms with Crippen LogP contribution in [0.1, 0.15) is 10.5 Å². The van der Waals surface area contributed by atoms with Gasteiger partial charge in [0.15, 0.2) is 5.69 Å². The van der Waals surface area contributed by atoms with E-state index in [1.165, 1.54) is 24.3 Å². The molecule has 0 bridgehead atoms. The molecule has 0 fully saturated rings. The molecule has 1 aromatic heterocycles. The predicted octanol–water partition coefficient (Wildman–Crippen LogP) is 0.884. The largest absolute Gasteiger partial charge is 0.508 e. The molecule has 0 radical (unpaired) electrons. The topological polar surface area (TPSA) is 120 Å². The third kappa shape index (κ3) is 2.58. The number of carbonyl (C=O) groups is 1. The maximum absolute atomic E-state index is 11.4. The maximum atomic E-state index is 11.4. The van der Waals surface area contributed by atoms with E-state index in [0.717, 1.165) is 6.26 Å². The molecule has 0 spiro atoms. The van der Waals surface area contributed by atoms with Crippen molar-refractivity contribution in [3.63, 3.8) is 0 Å². The van der Waals surface area contributed by atoms with E-state index in [2.05, 4.69) is 9.97 Å². The van der Waals surface area contributed by atoms with Crippen LogP contribution in [0.25, 0.3) is 11.3 Å². The lowest BCUT2D eigenvalue weighted by Gasteiger charge is -1.99. The average molecular weight is 282 g/mol. The van der Waals surface area contributed by atoms with Crippen molar-refractivity contribution in [2.24, 2.45) is 0 Å². The Morgan fingerprint density at radius 2 is 2.05 bits per heavy atom. The molecule has 2 aromatic rings. The van der Waals surface area contributed by atoms with Crippen molar-refractivity contribution in [3.8, 4) is 17.0 Å². The number of carboxylic acids is 1. The number of phenolic OH excluding ortho intramolecular Hbond substituents is 1. The summed E-state index contributed by atoms with van der Waals surface area (Å²) < 4.78 is 22.8. The van der Waals surface area contributed by atoms with Gasteiger partial charge >= 0.3 is 5.97 Å². The molecule has 3 N–H and O–H groups in total. The molecule has 0 aliphatic heterocycles. The van der Waals surface area contributed by atoms with Crippen LogP contribution in [0.3, 0.4) is 0 Å². The van der Waals surface area contributed by atoms with Gasteiger partial charge in [-0.1, -0.05) is 12.1 Å². The number of hydrogen-bond donors (Lipinski definition) is 3. The fourth-order valence-electron chi connectivity index (χ4n) is 1.54. The lowest BCUT2D eigenvalue weighted by atomic mass is 10.1. The molecule has 0 unspecified atom stereocenters. The summed E-state index contributed by atoms with van der Waals surface area (Å²) in [5.41, 5.74) is -0.0709. The standard InChI is InChI=1S/C11H10N2O5S/c1-19(17,18)11-12-8(9(13-11)10(15)16)6-3-2-4-7(14)5-6/h2-5,14H,1H3,(H,12,13)(H,15,16). The van der Waals surface area contributed by atoms with Crippen LogP contribution in [-0.4, -0.2) is 40.8 Å². The Hall–Kier alpha value is -2.35. The molecule has 0 aliphatic carbocycles. The summed E-state index contributed by atoms with van der Waals surface area (Å²) in [5, 5.41) is 18.0. The van der Waals surface area contributed by atoms with E-state index in [1.807, 2.05) is 0 Å². The molecule has 2 rings (SSSR count). The van der Waals surface area contributed by atoms with E-state index in [1.54, 1.807) is 0 Å². The summed E-state index contributed by atoms with van der Waals surface area (Å²) >= 11 is 0. The first-order valence-corrected chi connectivity index (χ1v) is 7.01. The zero-order chi connectivity index (χ0) is 14.2. The number of nitrogens with zero attached hydrogens (tertiary/aromatic N) is 1. The number of aromatic hydroxyl groups is 1.